The summed E-state index contributed by atoms with van der Waals surface area (Å²) < 4.78 is 5.21. The average molecular weight is 270 g/mol. The fourth-order valence-corrected chi connectivity index (χ4v) is 2.66. The molecule has 1 amide bonds. The van der Waals surface area contributed by atoms with E-state index in [2.05, 4.69) is 4.90 Å². The number of hydrogen-bond donors (Lipinski definition) is 1. The molecule has 108 valence electrons. The largest absolute Gasteiger partial charge is 0.481 e. The highest BCUT2D eigenvalue weighted by Crippen LogP contribution is 2.16. The van der Waals surface area contributed by atoms with Crippen molar-refractivity contribution in [3.63, 3.8) is 0 Å². The van der Waals surface area contributed by atoms with Crippen LogP contribution in [0.3, 0.4) is 0 Å². The van der Waals surface area contributed by atoms with Gasteiger partial charge in [-0.1, -0.05) is 0 Å². The summed E-state index contributed by atoms with van der Waals surface area (Å²) in [6.45, 7) is 4.95. The zero-order valence-corrected chi connectivity index (χ0v) is 11.2. The first-order chi connectivity index (χ1) is 9.16. The number of carboxylic acid groups (broad SMARTS) is 1. The van der Waals surface area contributed by atoms with Gasteiger partial charge in [-0.05, 0) is 25.9 Å². The highest BCUT2D eigenvalue weighted by Gasteiger charge is 2.27. The van der Waals surface area contributed by atoms with E-state index >= 15 is 0 Å². The van der Waals surface area contributed by atoms with Gasteiger partial charge in [0.15, 0.2) is 0 Å². The van der Waals surface area contributed by atoms with Crippen LogP contribution < -0.4 is 0 Å². The average Bonchev–Trinajstić information content (AvgIpc) is 2.89. The van der Waals surface area contributed by atoms with Gasteiger partial charge in [-0.3, -0.25) is 9.59 Å². The zero-order chi connectivity index (χ0) is 13.7. The maximum absolute atomic E-state index is 11.9. The molecule has 1 atom stereocenters. The summed E-state index contributed by atoms with van der Waals surface area (Å²) in [5.74, 6) is -0.737. The lowest BCUT2D eigenvalue weighted by Gasteiger charge is -2.27. The Morgan fingerprint density at radius 3 is 2.58 bits per heavy atom. The van der Waals surface area contributed by atoms with Crippen molar-refractivity contribution in [3.05, 3.63) is 0 Å². The van der Waals surface area contributed by atoms with Crippen molar-refractivity contribution in [1.82, 2.24) is 9.80 Å². The molecule has 6 nitrogen and oxygen atoms in total. The summed E-state index contributed by atoms with van der Waals surface area (Å²) in [5, 5.41) is 8.92. The maximum Gasteiger partial charge on any atom is 0.307 e. The number of carbonyl (C=O) groups excluding carboxylic acids is 1. The van der Waals surface area contributed by atoms with E-state index in [4.69, 9.17) is 9.84 Å². The predicted octanol–water partition coefficient (Wildman–Crippen LogP) is 0.0319. The van der Waals surface area contributed by atoms with E-state index in [1.165, 1.54) is 0 Å². The zero-order valence-electron chi connectivity index (χ0n) is 11.2. The third kappa shape index (κ3) is 4.18. The van der Waals surface area contributed by atoms with E-state index in [1.54, 1.807) is 0 Å². The van der Waals surface area contributed by atoms with Crippen molar-refractivity contribution < 1.29 is 19.4 Å². The number of carboxylic acids is 1. The number of rotatable bonds is 5. The van der Waals surface area contributed by atoms with Crippen LogP contribution in [0, 0.1) is 5.92 Å². The lowest BCUT2D eigenvalue weighted by molar-refractivity contribution is -0.141. The number of morpholine rings is 1. The summed E-state index contributed by atoms with van der Waals surface area (Å²) >= 11 is 0. The third-order valence-electron chi connectivity index (χ3n) is 3.85. The second kappa shape index (κ2) is 6.86. The Morgan fingerprint density at radius 2 is 1.95 bits per heavy atom. The summed E-state index contributed by atoms with van der Waals surface area (Å²) in [4.78, 5) is 26.7. The van der Waals surface area contributed by atoms with Gasteiger partial charge in [0, 0.05) is 26.1 Å². The Balaban J connectivity index is 1.61. The molecule has 2 aliphatic rings. The predicted molar refractivity (Wildman–Crippen MR) is 68.8 cm³/mol. The van der Waals surface area contributed by atoms with Crippen molar-refractivity contribution in [3.8, 4) is 0 Å². The van der Waals surface area contributed by atoms with Crippen LogP contribution in [0.25, 0.3) is 0 Å². The molecule has 1 unspecified atom stereocenters. The Labute approximate surface area is 113 Å². The summed E-state index contributed by atoms with van der Waals surface area (Å²) in [7, 11) is 0. The Hall–Kier alpha value is -1.14. The highest BCUT2D eigenvalue weighted by atomic mass is 16.5. The smallest absolute Gasteiger partial charge is 0.307 e. The molecule has 0 aromatic rings. The minimum Gasteiger partial charge on any atom is -0.481 e. The molecule has 19 heavy (non-hydrogen) atoms. The quantitative estimate of drug-likeness (QED) is 0.763. The normalized spacial score (nSPS) is 24.6. The summed E-state index contributed by atoms with van der Waals surface area (Å²) in [6, 6.07) is 0. The number of likely N-dealkylation sites (tertiary alicyclic amines) is 1. The third-order valence-corrected chi connectivity index (χ3v) is 3.85. The second-order valence-electron chi connectivity index (χ2n) is 5.22. The Morgan fingerprint density at radius 1 is 1.21 bits per heavy atom. The van der Waals surface area contributed by atoms with Crippen LogP contribution in [0.4, 0.5) is 0 Å². The van der Waals surface area contributed by atoms with Gasteiger partial charge in [0.25, 0.3) is 0 Å². The molecule has 1 N–H and O–H groups in total. The van der Waals surface area contributed by atoms with E-state index in [0.29, 0.717) is 39.3 Å². The molecule has 0 aromatic heterocycles. The molecular formula is C13H22N2O4. The van der Waals surface area contributed by atoms with Gasteiger partial charge >= 0.3 is 5.97 Å². The van der Waals surface area contributed by atoms with Gasteiger partial charge in [0.2, 0.25) is 5.91 Å². The fourth-order valence-electron chi connectivity index (χ4n) is 2.66. The van der Waals surface area contributed by atoms with Crippen molar-refractivity contribution in [1.29, 1.82) is 0 Å². The molecule has 0 aliphatic carbocycles. The number of aliphatic carboxylic acids is 1. The topological polar surface area (TPSA) is 70.1 Å². The SMILES string of the molecule is O=C(O)C1CCN(CCCC(=O)N2CCOCC2)C1. The van der Waals surface area contributed by atoms with Crippen LogP contribution in [-0.2, 0) is 14.3 Å². The van der Waals surface area contributed by atoms with Gasteiger partial charge in [0.05, 0.1) is 19.1 Å². The Kier molecular flexibility index (Phi) is 5.15. The first kappa shape index (κ1) is 14.3. The van der Waals surface area contributed by atoms with Gasteiger partial charge in [-0.25, -0.2) is 0 Å². The van der Waals surface area contributed by atoms with Crippen LogP contribution in [0.15, 0.2) is 0 Å². The molecule has 0 saturated carbocycles. The molecule has 2 saturated heterocycles. The molecular weight excluding hydrogens is 248 g/mol. The number of amides is 1. The highest BCUT2D eigenvalue weighted by molar-refractivity contribution is 5.76. The van der Waals surface area contributed by atoms with Gasteiger partial charge in [0.1, 0.15) is 0 Å². The second-order valence-corrected chi connectivity index (χ2v) is 5.22. The van der Waals surface area contributed by atoms with Crippen molar-refractivity contribution in [2.24, 2.45) is 5.92 Å². The molecule has 2 rings (SSSR count). The summed E-state index contributed by atoms with van der Waals surface area (Å²) in [6.07, 6.45) is 2.09. The number of nitrogens with zero attached hydrogens (tertiary/aromatic N) is 2. The minimum absolute atomic E-state index is 0.192. The fraction of sp³-hybridized carbons (Fsp3) is 0.846. The monoisotopic (exact) mass is 270 g/mol. The number of ether oxygens (including phenoxy) is 1. The van der Waals surface area contributed by atoms with Crippen LogP contribution in [-0.4, -0.2) is 72.7 Å². The maximum atomic E-state index is 11.9. The van der Waals surface area contributed by atoms with Crippen LogP contribution in [0.2, 0.25) is 0 Å². The van der Waals surface area contributed by atoms with E-state index in [1.807, 2.05) is 4.90 Å². The van der Waals surface area contributed by atoms with Crippen LogP contribution in [0.5, 0.6) is 0 Å². The van der Waals surface area contributed by atoms with E-state index in [-0.39, 0.29) is 11.8 Å². The molecule has 0 bridgehead atoms. The first-order valence-electron chi connectivity index (χ1n) is 6.97. The van der Waals surface area contributed by atoms with E-state index in [9.17, 15) is 9.59 Å². The molecule has 2 heterocycles. The van der Waals surface area contributed by atoms with Crippen molar-refractivity contribution in [2.75, 3.05) is 45.9 Å². The minimum atomic E-state index is -0.702. The molecule has 0 aromatic carbocycles. The summed E-state index contributed by atoms with van der Waals surface area (Å²) in [5.41, 5.74) is 0. The van der Waals surface area contributed by atoms with E-state index < -0.39 is 5.97 Å². The first-order valence-corrected chi connectivity index (χ1v) is 6.97. The van der Waals surface area contributed by atoms with Crippen molar-refractivity contribution >= 4 is 11.9 Å². The molecule has 0 radical (unpaired) electrons. The van der Waals surface area contributed by atoms with Crippen LogP contribution >= 0.6 is 0 Å². The Bertz CT molecular complexity index is 329. The van der Waals surface area contributed by atoms with Gasteiger partial charge in [-0.2, -0.15) is 0 Å². The lowest BCUT2D eigenvalue weighted by atomic mass is 10.1. The van der Waals surface area contributed by atoms with Gasteiger partial charge < -0.3 is 19.6 Å². The molecule has 2 aliphatic heterocycles. The van der Waals surface area contributed by atoms with Crippen molar-refractivity contribution in [2.45, 2.75) is 19.3 Å². The lowest BCUT2D eigenvalue weighted by Crippen LogP contribution is -2.40. The van der Waals surface area contributed by atoms with Gasteiger partial charge in [-0.15, -0.1) is 0 Å². The van der Waals surface area contributed by atoms with E-state index in [0.717, 1.165) is 25.9 Å². The number of carbonyl (C=O) groups is 2. The molecule has 0 spiro atoms. The number of hydrogen-bond acceptors (Lipinski definition) is 4. The standard InChI is InChI=1S/C13H22N2O4/c16-12(15-6-8-19-9-7-15)2-1-4-14-5-3-11(10-14)13(17)18/h11H,1-10H2,(H,17,18). The molecule has 6 heteroatoms. The van der Waals surface area contributed by atoms with Crippen LogP contribution in [0.1, 0.15) is 19.3 Å². The molecule has 2 fully saturated rings.